The number of allylic oxidation sites excluding steroid dienone is 1. The van der Waals surface area contributed by atoms with Crippen molar-refractivity contribution in [2.75, 3.05) is 0 Å². The molecule has 9 aromatic carbocycles. The van der Waals surface area contributed by atoms with Gasteiger partial charge in [-0.25, -0.2) is 9.98 Å². The van der Waals surface area contributed by atoms with Crippen LogP contribution in [0.15, 0.2) is 248 Å². The molecule has 0 amide bonds. The number of hydrogen-bond donors (Lipinski definition) is 0. The summed E-state index contributed by atoms with van der Waals surface area (Å²) >= 11 is 0. The van der Waals surface area contributed by atoms with Gasteiger partial charge in [0.25, 0.3) is 0 Å². The molecule has 0 aliphatic heterocycles. The number of aromatic nitrogens is 3. The van der Waals surface area contributed by atoms with Crippen LogP contribution in [0.5, 0.6) is 0 Å². The highest BCUT2D eigenvalue weighted by molar-refractivity contribution is 6.15. The van der Waals surface area contributed by atoms with Gasteiger partial charge in [-0.3, -0.25) is 0 Å². The lowest BCUT2D eigenvalue weighted by atomic mass is 10.1. The second kappa shape index (κ2) is 17.3. The van der Waals surface area contributed by atoms with Crippen molar-refractivity contribution in [2.24, 2.45) is 9.98 Å². The Morgan fingerprint density at radius 3 is 1.01 bits per heavy atom. The van der Waals surface area contributed by atoms with Gasteiger partial charge in [0.1, 0.15) is 0 Å². The average Bonchev–Trinajstić information content (AvgIpc) is 4.02. The first kappa shape index (κ1) is 40.9. The first-order chi connectivity index (χ1) is 33.0. The summed E-state index contributed by atoms with van der Waals surface area (Å²) in [6.07, 6.45) is 1.75. The number of para-hydroxylation sites is 6. The Balaban J connectivity index is 0.00000161. The molecule has 12 aromatic rings. The van der Waals surface area contributed by atoms with Crippen molar-refractivity contribution in [1.29, 1.82) is 0 Å². The zero-order chi connectivity index (χ0) is 45.4. The monoisotopic (exact) mass is 861 g/mol. The van der Waals surface area contributed by atoms with E-state index in [2.05, 4.69) is 252 Å². The number of benzene rings is 9. The van der Waals surface area contributed by atoms with Gasteiger partial charge in [-0.1, -0.05) is 158 Å². The quantitative estimate of drug-likeness (QED) is 0.0870. The van der Waals surface area contributed by atoms with Gasteiger partial charge in [-0.05, 0) is 92.2 Å². The summed E-state index contributed by atoms with van der Waals surface area (Å²) in [5, 5.41) is 7.33. The van der Waals surface area contributed by atoms with Gasteiger partial charge in [0.2, 0.25) is 0 Å². The van der Waals surface area contributed by atoms with Crippen LogP contribution in [0.4, 0.5) is 0 Å². The lowest BCUT2D eigenvalue weighted by Gasteiger charge is -2.13. The van der Waals surface area contributed by atoms with Crippen molar-refractivity contribution in [1.82, 2.24) is 13.7 Å². The third kappa shape index (κ3) is 7.24. The maximum Gasteiger partial charge on any atom is 0.160 e. The van der Waals surface area contributed by atoms with Crippen LogP contribution >= 0.6 is 0 Å². The average molecular weight is 862 g/mol. The molecule has 0 N–H and O–H groups in total. The summed E-state index contributed by atoms with van der Waals surface area (Å²) in [7, 11) is 0. The molecule has 0 saturated heterocycles. The van der Waals surface area contributed by atoms with E-state index in [0.29, 0.717) is 11.5 Å². The van der Waals surface area contributed by atoms with Gasteiger partial charge in [-0.2, -0.15) is 0 Å². The van der Waals surface area contributed by atoms with Crippen LogP contribution in [0.3, 0.4) is 0 Å². The molecule has 0 spiro atoms. The Hall–Kier alpha value is -8.80. The number of nitrogens with zero attached hydrogens (tertiary/aromatic N) is 5. The third-order valence-corrected chi connectivity index (χ3v) is 12.6. The second-order valence-corrected chi connectivity index (χ2v) is 16.7. The first-order valence-corrected chi connectivity index (χ1v) is 22.7. The standard InChI is InChI=1S/C59H41N5.C3H6/c1-39(41-18-15-21-44(36-41)62-53-30-9-3-24-47(53)48-25-4-10-31-54(48)62)60-59(43-20-17-23-46(38-43)64-57-34-13-7-28-51(57)52-29-8-14-35-58(52)64)61-40(2)42-19-16-22-45(37-42)63-55-32-11-5-26-49(55)50-27-6-12-33-56(50)63;1-3-2/h3-38H,1H2,2H3;3H,1H2,2H3. The van der Waals surface area contributed by atoms with Gasteiger partial charge in [0.15, 0.2) is 5.84 Å². The van der Waals surface area contributed by atoms with Crippen LogP contribution in [-0.4, -0.2) is 25.2 Å². The van der Waals surface area contributed by atoms with Crippen molar-refractivity contribution in [3.63, 3.8) is 0 Å². The van der Waals surface area contributed by atoms with Crippen LogP contribution in [0.1, 0.15) is 30.5 Å². The highest BCUT2D eigenvalue weighted by Gasteiger charge is 2.17. The molecule has 5 heteroatoms. The number of amidine groups is 1. The molecule has 0 unspecified atom stereocenters. The zero-order valence-corrected chi connectivity index (χ0v) is 37.5. The third-order valence-electron chi connectivity index (χ3n) is 12.6. The van der Waals surface area contributed by atoms with Crippen LogP contribution < -0.4 is 0 Å². The van der Waals surface area contributed by atoms with E-state index in [4.69, 9.17) is 9.98 Å². The number of hydrogen-bond acceptors (Lipinski definition) is 1. The summed E-state index contributed by atoms with van der Waals surface area (Å²) in [6.45, 7) is 11.9. The molecule has 5 nitrogen and oxygen atoms in total. The van der Waals surface area contributed by atoms with E-state index in [9.17, 15) is 0 Å². The van der Waals surface area contributed by atoms with Crippen molar-refractivity contribution < 1.29 is 0 Å². The molecule has 0 aliphatic carbocycles. The molecule has 67 heavy (non-hydrogen) atoms. The van der Waals surface area contributed by atoms with E-state index < -0.39 is 0 Å². The molecule has 0 radical (unpaired) electrons. The smallest absolute Gasteiger partial charge is 0.160 e. The van der Waals surface area contributed by atoms with E-state index in [1.807, 2.05) is 6.92 Å². The minimum absolute atomic E-state index is 0.578. The van der Waals surface area contributed by atoms with Crippen molar-refractivity contribution in [2.45, 2.75) is 13.8 Å². The van der Waals surface area contributed by atoms with Crippen LogP contribution in [0, 0.1) is 0 Å². The number of fused-ring (bicyclic) bond motifs is 9. The fourth-order valence-corrected chi connectivity index (χ4v) is 9.65. The Labute approximate surface area is 389 Å². The Kier molecular flexibility index (Phi) is 10.6. The van der Waals surface area contributed by atoms with E-state index in [0.717, 1.165) is 61.5 Å². The van der Waals surface area contributed by atoms with Gasteiger partial charge in [0.05, 0.1) is 38.8 Å². The van der Waals surface area contributed by atoms with Crippen molar-refractivity contribution in [3.8, 4) is 17.1 Å². The van der Waals surface area contributed by atoms with Gasteiger partial charge in [0, 0.05) is 66.2 Å². The molecule has 0 aliphatic rings. The predicted octanol–water partition coefficient (Wildman–Crippen LogP) is 16.1. The number of aliphatic imine (C=N–C) groups is 2. The van der Waals surface area contributed by atoms with Crippen LogP contribution in [-0.2, 0) is 0 Å². The molecule has 0 atom stereocenters. The van der Waals surface area contributed by atoms with Crippen LogP contribution in [0.2, 0.25) is 0 Å². The van der Waals surface area contributed by atoms with E-state index >= 15 is 0 Å². The van der Waals surface area contributed by atoms with Gasteiger partial charge in [-0.15, -0.1) is 6.58 Å². The molecule has 3 heterocycles. The Bertz CT molecular complexity index is 3780. The van der Waals surface area contributed by atoms with Crippen LogP contribution in [0.25, 0.3) is 88.2 Å². The highest BCUT2D eigenvalue weighted by Crippen LogP contribution is 2.35. The van der Waals surface area contributed by atoms with E-state index in [1.54, 1.807) is 6.08 Å². The largest absolute Gasteiger partial charge is 0.309 e. The first-order valence-electron chi connectivity index (χ1n) is 22.7. The topological polar surface area (TPSA) is 39.5 Å². The van der Waals surface area contributed by atoms with E-state index in [1.165, 1.54) is 43.4 Å². The molecule has 0 saturated carbocycles. The molecule has 3 aromatic heterocycles. The van der Waals surface area contributed by atoms with E-state index in [-0.39, 0.29) is 0 Å². The fraction of sp³-hybridized carbons (Fsp3) is 0.0323. The SMILES string of the molecule is C=C(N=C(N=C(C)c1cccc(-n2c3ccccc3c3ccccc32)c1)c1cccc(-n2c3ccccc3c3ccccc32)c1)c1cccc(-n2c3ccccc3c3ccccc32)c1.C=CC. The zero-order valence-electron chi connectivity index (χ0n) is 37.5. The molecular formula is C62H47N5. The minimum atomic E-state index is 0.578. The normalized spacial score (nSPS) is 12.0. The molecule has 320 valence electrons. The lowest BCUT2D eigenvalue weighted by Crippen LogP contribution is -2.06. The maximum atomic E-state index is 5.41. The molecular weight excluding hydrogens is 815 g/mol. The summed E-state index contributed by atoms with van der Waals surface area (Å²) < 4.78 is 7.01. The minimum Gasteiger partial charge on any atom is -0.309 e. The predicted molar refractivity (Wildman–Crippen MR) is 286 cm³/mol. The Morgan fingerprint density at radius 1 is 0.373 bits per heavy atom. The van der Waals surface area contributed by atoms with Gasteiger partial charge < -0.3 is 13.7 Å². The summed E-state index contributed by atoms with van der Waals surface area (Å²) in [5.41, 5.74) is 14.3. The fourth-order valence-electron chi connectivity index (χ4n) is 9.65. The summed E-state index contributed by atoms with van der Waals surface area (Å²) in [5.74, 6) is 0.578. The maximum absolute atomic E-state index is 5.41. The summed E-state index contributed by atoms with van der Waals surface area (Å²) in [6, 6.07) is 77.3. The highest BCUT2D eigenvalue weighted by atomic mass is 15.0. The van der Waals surface area contributed by atoms with Crippen molar-refractivity contribution >= 4 is 82.7 Å². The second-order valence-electron chi connectivity index (χ2n) is 16.7. The lowest BCUT2D eigenvalue weighted by molar-refractivity contribution is 1.17. The van der Waals surface area contributed by atoms with Crippen molar-refractivity contribution in [3.05, 3.63) is 254 Å². The molecule has 12 rings (SSSR count). The molecule has 0 fully saturated rings. The van der Waals surface area contributed by atoms with Gasteiger partial charge >= 0.3 is 0 Å². The summed E-state index contributed by atoms with van der Waals surface area (Å²) in [4.78, 5) is 10.8. The molecule has 0 bridgehead atoms. The Morgan fingerprint density at radius 2 is 0.657 bits per heavy atom. The number of rotatable bonds is 7.